The van der Waals surface area contributed by atoms with Crippen molar-refractivity contribution in [3.63, 3.8) is 0 Å². The van der Waals surface area contributed by atoms with Crippen LogP contribution in [0, 0.1) is 5.92 Å². The number of aliphatic carboxylic acids is 1. The summed E-state index contributed by atoms with van der Waals surface area (Å²) in [5, 5.41) is 21.8. The number of carbonyl (C=O) groups excluding carboxylic acids is 1. The van der Waals surface area contributed by atoms with Crippen molar-refractivity contribution in [1.82, 2.24) is 10.2 Å². The molecule has 1 amide bonds. The molecular weight excluding hydrogens is 284 g/mol. The molecule has 0 spiro atoms. The molecule has 2 rings (SSSR count). The van der Waals surface area contributed by atoms with E-state index in [4.69, 9.17) is 5.11 Å². The lowest BCUT2D eigenvalue weighted by Crippen LogP contribution is -2.55. The number of nitrogens with zero attached hydrogens (tertiary/aromatic N) is 1. The maximum Gasteiger partial charge on any atom is 0.317 e. The van der Waals surface area contributed by atoms with Gasteiger partial charge in [0.1, 0.15) is 0 Å². The monoisotopic (exact) mass is 312 g/mol. The highest BCUT2D eigenvalue weighted by Crippen LogP contribution is 2.28. The highest BCUT2D eigenvalue weighted by Gasteiger charge is 2.35. The van der Waals surface area contributed by atoms with E-state index in [1.165, 1.54) is 0 Å². The second-order valence-corrected chi connectivity index (χ2v) is 6.66. The zero-order chi connectivity index (χ0) is 16.1. The minimum absolute atomic E-state index is 0.0238. The predicted octanol–water partition coefficient (Wildman–Crippen LogP) is 0.981. The lowest BCUT2D eigenvalue weighted by atomic mass is 9.83. The molecule has 6 heteroatoms. The number of carbonyl (C=O) groups is 2. The Hall–Kier alpha value is -1.14. The summed E-state index contributed by atoms with van der Waals surface area (Å²) in [6, 6.07) is 0.410. The summed E-state index contributed by atoms with van der Waals surface area (Å²) in [7, 11) is 0. The largest absolute Gasteiger partial charge is 0.480 e. The third kappa shape index (κ3) is 4.68. The van der Waals surface area contributed by atoms with E-state index < -0.39 is 5.97 Å². The summed E-state index contributed by atoms with van der Waals surface area (Å²) in [6.07, 6.45) is 5.62. The van der Waals surface area contributed by atoms with E-state index in [-0.39, 0.29) is 36.6 Å². The Bertz CT molecular complexity index is 396. The summed E-state index contributed by atoms with van der Waals surface area (Å²) in [6.45, 7) is 2.74. The third-order valence-electron chi connectivity index (χ3n) is 5.06. The number of carboxylic acids is 1. The van der Waals surface area contributed by atoms with Gasteiger partial charge in [-0.3, -0.25) is 14.5 Å². The van der Waals surface area contributed by atoms with Crippen molar-refractivity contribution in [2.75, 3.05) is 13.1 Å². The smallest absolute Gasteiger partial charge is 0.317 e. The van der Waals surface area contributed by atoms with Gasteiger partial charge in [-0.25, -0.2) is 0 Å². The van der Waals surface area contributed by atoms with Gasteiger partial charge in [0.2, 0.25) is 5.91 Å². The molecule has 0 heterocycles. The minimum atomic E-state index is -0.805. The normalized spacial score (nSPS) is 31.6. The van der Waals surface area contributed by atoms with Gasteiger partial charge in [0.15, 0.2) is 0 Å². The van der Waals surface area contributed by atoms with Gasteiger partial charge < -0.3 is 15.5 Å². The first-order valence-corrected chi connectivity index (χ1v) is 8.42. The SMILES string of the molecule is CCN(CC(=O)O)C1CC(NC(=O)C[C@@H]2CCCC[C@H]2O)C1. The number of rotatable bonds is 7. The average molecular weight is 312 g/mol. The lowest BCUT2D eigenvalue weighted by molar-refractivity contribution is -0.140. The van der Waals surface area contributed by atoms with Crippen LogP contribution in [0.25, 0.3) is 0 Å². The van der Waals surface area contributed by atoms with Crippen LogP contribution < -0.4 is 5.32 Å². The van der Waals surface area contributed by atoms with Crippen LogP contribution in [0.2, 0.25) is 0 Å². The minimum Gasteiger partial charge on any atom is -0.480 e. The van der Waals surface area contributed by atoms with Crippen LogP contribution in [0.15, 0.2) is 0 Å². The summed E-state index contributed by atoms with van der Waals surface area (Å²) < 4.78 is 0. The Morgan fingerprint density at radius 1 is 1.23 bits per heavy atom. The van der Waals surface area contributed by atoms with Gasteiger partial charge >= 0.3 is 5.97 Å². The third-order valence-corrected chi connectivity index (χ3v) is 5.06. The molecule has 0 aromatic carbocycles. The Kier molecular flexibility index (Phi) is 6.20. The highest BCUT2D eigenvalue weighted by atomic mass is 16.4. The van der Waals surface area contributed by atoms with Gasteiger partial charge in [0, 0.05) is 18.5 Å². The fraction of sp³-hybridized carbons (Fsp3) is 0.875. The van der Waals surface area contributed by atoms with Crippen molar-refractivity contribution in [2.24, 2.45) is 5.92 Å². The molecule has 2 aliphatic rings. The van der Waals surface area contributed by atoms with E-state index in [2.05, 4.69) is 5.32 Å². The summed E-state index contributed by atoms with van der Waals surface area (Å²) in [4.78, 5) is 24.8. The first kappa shape index (κ1) is 17.2. The second kappa shape index (κ2) is 7.92. The van der Waals surface area contributed by atoms with Crippen molar-refractivity contribution in [3.05, 3.63) is 0 Å². The summed E-state index contributed by atoms with van der Waals surface area (Å²) >= 11 is 0. The topological polar surface area (TPSA) is 89.9 Å². The molecule has 6 nitrogen and oxygen atoms in total. The molecule has 3 N–H and O–H groups in total. The number of aliphatic hydroxyl groups excluding tert-OH is 1. The average Bonchev–Trinajstić information content (AvgIpc) is 2.42. The van der Waals surface area contributed by atoms with Crippen LogP contribution in [0.3, 0.4) is 0 Å². The molecule has 0 saturated heterocycles. The van der Waals surface area contributed by atoms with Crippen molar-refractivity contribution in [2.45, 2.75) is 70.1 Å². The van der Waals surface area contributed by atoms with Crippen molar-refractivity contribution < 1.29 is 19.8 Å². The van der Waals surface area contributed by atoms with Crippen molar-refractivity contribution in [3.8, 4) is 0 Å². The fourth-order valence-electron chi connectivity index (χ4n) is 3.63. The van der Waals surface area contributed by atoms with Gasteiger partial charge in [-0.05, 0) is 38.1 Å². The molecule has 2 fully saturated rings. The van der Waals surface area contributed by atoms with E-state index in [0.29, 0.717) is 13.0 Å². The van der Waals surface area contributed by atoms with Gasteiger partial charge in [-0.15, -0.1) is 0 Å². The first-order chi connectivity index (χ1) is 10.5. The molecule has 2 atom stereocenters. The number of aliphatic hydroxyl groups is 1. The Morgan fingerprint density at radius 2 is 1.91 bits per heavy atom. The van der Waals surface area contributed by atoms with Crippen LogP contribution in [0.5, 0.6) is 0 Å². The van der Waals surface area contributed by atoms with Crippen LogP contribution >= 0.6 is 0 Å². The van der Waals surface area contributed by atoms with Crippen LogP contribution in [-0.4, -0.2) is 58.3 Å². The van der Waals surface area contributed by atoms with Crippen LogP contribution in [0.1, 0.15) is 51.9 Å². The molecule has 2 aliphatic carbocycles. The van der Waals surface area contributed by atoms with Gasteiger partial charge in [-0.2, -0.15) is 0 Å². The van der Waals surface area contributed by atoms with Crippen molar-refractivity contribution >= 4 is 11.9 Å². The molecule has 126 valence electrons. The summed E-state index contributed by atoms with van der Waals surface area (Å²) in [5.74, 6) is -0.680. The van der Waals surface area contributed by atoms with Crippen molar-refractivity contribution in [1.29, 1.82) is 0 Å². The van der Waals surface area contributed by atoms with E-state index in [1.807, 2.05) is 11.8 Å². The zero-order valence-electron chi connectivity index (χ0n) is 13.3. The quantitative estimate of drug-likeness (QED) is 0.652. The molecule has 0 aromatic rings. The molecule has 22 heavy (non-hydrogen) atoms. The standard InChI is InChI=1S/C16H28N2O4/c1-2-18(10-16(21)22)13-8-12(9-13)17-15(20)7-11-5-3-4-6-14(11)19/h11-14,19H,2-10H2,1H3,(H,17,20)(H,21,22)/t11-,12?,13?,14+/m0/s1. The maximum atomic E-state index is 12.1. The maximum absolute atomic E-state index is 12.1. The predicted molar refractivity (Wildman–Crippen MR) is 82.4 cm³/mol. The number of carboxylic acid groups (broad SMARTS) is 1. The highest BCUT2D eigenvalue weighted by molar-refractivity contribution is 5.76. The molecule has 0 bridgehead atoms. The van der Waals surface area contributed by atoms with Gasteiger partial charge in [0.05, 0.1) is 12.6 Å². The number of amides is 1. The number of hydrogen-bond donors (Lipinski definition) is 3. The number of hydrogen-bond acceptors (Lipinski definition) is 4. The lowest BCUT2D eigenvalue weighted by Gasteiger charge is -2.42. The fourth-order valence-corrected chi connectivity index (χ4v) is 3.63. The molecule has 0 unspecified atom stereocenters. The van der Waals surface area contributed by atoms with Gasteiger partial charge in [0.25, 0.3) is 0 Å². The van der Waals surface area contributed by atoms with Crippen LogP contribution in [0.4, 0.5) is 0 Å². The van der Waals surface area contributed by atoms with E-state index in [9.17, 15) is 14.7 Å². The van der Waals surface area contributed by atoms with Crippen LogP contribution in [-0.2, 0) is 9.59 Å². The summed E-state index contributed by atoms with van der Waals surface area (Å²) in [5.41, 5.74) is 0. The molecule has 2 saturated carbocycles. The molecule has 0 aliphatic heterocycles. The first-order valence-electron chi connectivity index (χ1n) is 8.42. The van der Waals surface area contributed by atoms with E-state index >= 15 is 0 Å². The number of likely N-dealkylation sites (N-methyl/N-ethyl adjacent to an activating group) is 1. The molecular formula is C16H28N2O4. The molecule has 0 aromatic heterocycles. The number of nitrogens with one attached hydrogen (secondary N) is 1. The molecule has 0 radical (unpaired) electrons. The zero-order valence-corrected chi connectivity index (χ0v) is 13.3. The van der Waals surface area contributed by atoms with Gasteiger partial charge in [-0.1, -0.05) is 19.8 Å². The Labute approximate surface area is 131 Å². The Balaban J connectivity index is 1.68. The Morgan fingerprint density at radius 3 is 2.50 bits per heavy atom. The van der Waals surface area contributed by atoms with E-state index in [1.54, 1.807) is 0 Å². The second-order valence-electron chi connectivity index (χ2n) is 6.66. The van der Waals surface area contributed by atoms with E-state index in [0.717, 1.165) is 38.5 Å².